The number of nitrogens with two attached hydrogens (primary N) is 1. The van der Waals surface area contributed by atoms with Gasteiger partial charge in [-0.25, -0.2) is 4.39 Å². The van der Waals surface area contributed by atoms with Crippen LogP contribution in [-0.2, 0) is 0 Å². The molecule has 2 aliphatic rings. The number of hydrogen-bond acceptors (Lipinski definition) is 3. The van der Waals surface area contributed by atoms with Crippen molar-refractivity contribution < 1.29 is 9.13 Å². The van der Waals surface area contributed by atoms with Crippen LogP contribution >= 0.6 is 0 Å². The molecule has 1 fully saturated rings. The van der Waals surface area contributed by atoms with E-state index in [0.29, 0.717) is 6.04 Å². The number of benzene rings is 1. The molecule has 0 aromatic heterocycles. The summed E-state index contributed by atoms with van der Waals surface area (Å²) in [7, 11) is 0. The lowest BCUT2D eigenvalue weighted by Gasteiger charge is -2.41. The molecule has 0 bridgehead atoms. The summed E-state index contributed by atoms with van der Waals surface area (Å²) in [6, 6.07) is 5.15. The van der Waals surface area contributed by atoms with E-state index in [2.05, 4.69) is 18.7 Å². The van der Waals surface area contributed by atoms with Crippen LogP contribution in [0.1, 0.15) is 51.1 Å². The number of halogens is 1. The average molecular weight is 292 g/mol. The van der Waals surface area contributed by atoms with Gasteiger partial charge in [-0.3, -0.25) is 0 Å². The van der Waals surface area contributed by atoms with Crippen LogP contribution in [0, 0.1) is 5.82 Å². The highest BCUT2D eigenvalue weighted by Crippen LogP contribution is 2.43. The number of hydrogen-bond donors (Lipinski definition) is 1. The highest BCUT2D eigenvalue weighted by Gasteiger charge is 2.41. The van der Waals surface area contributed by atoms with Crippen molar-refractivity contribution in [2.75, 3.05) is 13.1 Å². The molecule has 4 heteroatoms. The second-order valence-electron chi connectivity index (χ2n) is 6.76. The van der Waals surface area contributed by atoms with Gasteiger partial charge in [0, 0.05) is 30.6 Å². The lowest BCUT2D eigenvalue weighted by atomic mass is 9.82. The lowest BCUT2D eigenvalue weighted by Crippen LogP contribution is -2.44. The maximum absolute atomic E-state index is 13.4. The van der Waals surface area contributed by atoms with E-state index in [9.17, 15) is 4.39 Å². The minimum absolute atomic E-state index is 0.130. The van der Waals surface area contributed by atoms with Gasteiger partial charge in [0.25, 0.3) is 0 Å². The van der Waals surface area contributed by atoms with E-state index in [4.69, 9.17) is 10.5 Å². The molecule has 1 saturated heterocycles. The van der Waals surface area contributed by atoms with E-state index in [1.54, 1.807) is 6.07 Å². The number of fused-ring (bicyclic) bond motifs is 1. The number of rotatable bonds is 1. The van der Waals surface area contributed by atoms with Gasteiger partial charge >= 0.3 is 0 Å². The van der Waals surface area contributed by atoms with Crippen molar-refractivity contribution >= 4 is 0 Å². The van der Waals surface area contributed by atoms with Crippen LogP contribution in [-0.4, -0.2) is 29.6 Å². The third-order valence-electron chi connectivity index (χ3n) is 4.95. The summed E-state index contributed by atoms with van der Waals surface area (Å²) < 4.78 is 19.7. The van der Waals surface area contributed by atoms with Gasteiger partial charge in [0.2, 0.25) is 0 Å². The van der Waals surface area contributed by atoms with Crippen molar-refractivity contribution in [2.24, 2.45) is 5.73 Å². The molecule has 1 aromatic rings. The zero-order valence-electron chi connectivity index (χ0n) is 12.9. The Kier molecular flexibility index (Phi) is 3.93. The van der Waals surface area contributed by atoms with E-state index in [0.717, 1.165) is 50.1 Å². The fourth-order valence-corrected chi connectivity index (χ4v) is 3.70. The molecule has 3 rings (SSSR count). The Morgan fingerprint density at radius 3 is 2.90 bits per heavy atom. The van der Waals surface area contributed by atoms with Crippen molar-refractivity contribution in [2.45, 2.75) is 57.2 Å². The second kappa shape index (κ2) is 5.58. The molecule has 2 heterocycles. The van der Waals surface area contributed by atoms with Crippen molar-refractivity contribution in [3.63, 3.8) is 0 Å². The molecule has 0 radical (unpaired) electrons. The molecule has 0 saturated carbocycles. The highest BCUT2D eigenvalue weighted by molar-refractivity contribution is 5.39. The minimum atomic E-state index is -0.240. The summed E-state index contributed by atoms with van der Waals surface area (Å²) in [6.07, 6.45) is 3.94. The monoisotopic (exact) mass is 292 g/mol. The second-order valence-corrected chi connectivity index (χ2v) is 6.76. The molecule has 116 valence electrons. The Morgan fingerprint density at radius 2 is 2.14 bits per heavy atom. The summed E-state index contributed by atoms with van der Waals surface area (Å²) in [4.78, 5) is 2.50. The molecular formula is C17H25FN2O. The number of ether oxygens (including phenoxy) is 1. The normalized spacial score (nSPS) is 30.0. The zero-order valence-corrected chi connectivity index (χ0v) is 12.9. The summed E-state index contributed by atoms with van der Waals surface area (Å²) >= 11 is 0. The molecule has 1 unspecified atom stereocenters. The first-order chi connectivity index (χ1) is 9.99. The van der Waals surface area contributed by atoms with E-state index < -0.39 is 0 Å². The molecule has 3 nitrogen and oxygen atoms in total. The van der Waals surface area contributed by atoms with E-state index in [1.807, 2.05) is 0 Å². The number of nitrogens with zero attached hydrogens (tertiary/aromatic N) is 1. The van der Waals surface area contributed by atoms with E-state index >= 15 is 0 Å². The summed E-state index contributed by atoms with van der Waals surface area (Å²) in [6.45, 7) is 6.64. The van der Waals surface area contributed by atoms with Crippen molar-refractivity contribution in [1.82, 2.24) is 4.90 Å². The maximum Gasteiger partial charge on any atom is 0.125 e. The van der Waals surface area contributed by atoms with Gasteiger partial charge in [-0.05, 0) is 57.9 Å². The first-order valence-corrected chi connectivity index (χ1v) is 7.97. The molecule has 0 aliphatic carbocycles. The van der Waals surface area contributed by atoms with Crippen molar-refractivity contribution in [3.8, 4) is 5.75 Å². The highest BCUT2D eigenvalue weighted by atomic mass is 19.1. The van der Waals surface area contributed by atoms with Gasteiger partial charge < -0.3 is 15.4 Å². The van der Waals surface area contributed by atoms with E-state index in [-0.39, 0.29) is 17.5 Å². The Hall–Kier alpha value is -1.13. The van der Waals surface area contributed by atoms with Gasteiger partial charge in [0.05, 0.1) is 0 Å². The van der Waals surface area contributed by atoms with Crippen LogP contribution in [0.15, 0.2) is 18.2 Å². The van der Waals surface area contributed by atoms with Crippen molar-refractivity contribution in [3.05, 3.63) is 29.6 Å². The molecule has 2 N–H and O–H groups in total. The predicted octanol–water partition coefficient (Wildman–Crippen LogP) is 3.24. The summed E-state index contributed by atoms with van der Waals surface area (Å²) in [5.41, 5.74) is 6.94. The summed E-state index contributed by atoms with van der Waals surface area (Å²) in [5.74, 6) is 0.531. The van der Waals surface area contributed by atoms with Crippen LogP contribution in [0.5, 0.6) is 5.75 Å². The Bertz CT molecular complexity index is 520. The SMILES string of the molecule is CC(C)N1CCCC2(CC1)C[C@H](N)c1cc(F)ccc1O2. The quantitative estimate of drug-likeness (QED) is 0.863. The topological polar surface area (TPSA) is 38.5 Å². The van der Waals surface area contributed by atoms with Gasteiger partial charge in [-0.2, -0.15) is 0 Å². The van der Waals surface area contributed by atoms with Crippen LogP contribution in [0.4, 0.5) is 4.39 Å². The fraction of sp³-hybridized carbons (Fsp3) is 0.647. The van der Waals surface area contributed by atoms with E-state index in [1.165, 1.54) is 12.1 Å². The third kappa shape index (κ3) is 2.92. The van der Waals surface area contributed by atoms with Gasteiger partial charge in [0.15, 0.2) is 0 Å². The zero-order chi connectivity index (χ0) is 15.0. The van der Waals surface area contributed by atoms with Gasteiger partial charge in [-0.1, -0.05) is 0 Å². The Labute approximate surface area is 126 Å². The molecule has 2 atom stereocenters. The smallest absolute Gasteiger partial charge is 0.125 e. The number of likely N-dealkylation sites (tertiary alicyclic amines) is 1. The maximum atomic E-state index is 13.4. The Morgan fingerprint density at radius 1 is 1.33 bits per heavy atom. The first-order valence-electron chi connectivity index (χ1n) is 7.97. The van der Waals surface area contributed by atoms with Crippen LogP contribution < -0.4 is 10.5 Å². The average Bonchev–Trinajstić information content (AvgIpc) is 2.63. The lowest BCUT2D eigenvalue weighted by molar-refractivity contribution is 0.0208. The fourth-order valence-electron chi connectivity index (χ4n) is 3.70. The Balaban J connectivity index is 1.82. The molecular weight excluding hydrogens is 267 g/mol. The standard InChI is InChI=1S/C17H25FN2O/c1-12(2)20-8-3-6-17(7-9-20)11-15(19)14-10-13(18)4-5-16(14)21-17/h4-5,10,12,15H,3,6-9,11,19H2,1-2H3/t15-,17?/m0/s1. The molecule has 2 aliphatic heterocycles. The van der Waals surface area contributed by atoms with Crippen LogP contribution in [0.25, 0.3) is 0 Å². The van der Waals surface area contributed by atoms with Gasteiger partial charge in [-0.15, -0.1) is 0 Å². The minimum Gasteiger partial charge on any atom is -0.487 e. The first kappa shape index (κ1) is 14.8. The predicted molar refractivity (Wildman–Crippen MR) is 81.9 cm³/mol. The van der Waals surface area contributed by atoms with Crippen LogP contribution in [0.3, 0.4) is 0 Å². The van der Waals surface area contributed by atoms with Crippen molar-refractivity contribution in [1.29, 1.82) is 0 Å². The molecule has 1 spiro atoms. The van der Waals surface area contributed by atoms with Crippen LogP contribution in [0.2, 0.25) is 0 Å². The third-order valence-corrected chi connectivity index (χ3v) is 4.95. The molecule has 1 aromatic carbocycles. The largest absolute Gasteiger partial charge is 0.487 e. The summed E-state index contributed by atoms with van der Waals surface area (Å²) in [5, 5.41) is 0. The molecule has 0 amide bonds. The van der Waals surface area contributed by atoms with Gasteiger partial charge in [0.1, 0.15) is 17.2 Å². The molecule has 21 heavy (non-hydrogen) atoms.